The summed E-state index contributed by atoms with van der Waals surface area (Å²) in [7, 11) is 0. The second kappa shape index (κ2) is 10.7. The molecule has 16 heavy (non-hydrogen) atoms. The van der Waals surface area contributed by atoms with E-state index in [2.05, 4.69) is 10.6 Å². The molecule has 0 unspecified atom stereocenters. The average Bonchev–Trinajstić information content (AvgIpc) is 2.23. The lowest BCUT2D eigenvalue weighted by atomic mass is 10.2. The van der Waals surface area contributed by atoms with Crippen LogP contribution >= 0.6 is 12.4 Å². The van der Waals surface area contributed by atoms with Gasteiger partial charge >= 0.3 is 0 Å². The highest BCUT2D eigenvalue weighted by molar-refractivity contribution is 5.85. The molecule has 0 aromatic carbocycles. The van der Waals surface area contributed by atoms with Gasteiger partial charge in [0.05, 0.1) is 0 Å². The zero-order valence-corrected chi connectivity index (χ0v) is 10.7. The molecule has 6 heteroatoms. The second-order valence-electron chi connectivity index (χ2n) is 3.55. The molecule has 0 spiro atoms. The molecule has 2 amide bonds. The quantitative estimate of drug-likeness (QED) is 0.604. The van der Waals surface area contributed by atoms with Crippen molar-refractivity contribution in [2.24, 2.45) is 5.73 Å². The van der Waals surface area contributed by atoms with E-state index in [4.69, 9.17) is 5.73 Å². The first-order chi connectivity index (χ1) is 7.10. The zero-order chi connectivity index (χ0) is 11.7. The lowest BCUT2D eigenvalue weighted by Gasteiger charge is -2.10. The Hall–Kier alpha value is -0.810. The summed E-state index contributed by atoms with van der Waals surface area (Å²) in [6, 6.07) is -0.0313. The van der Waals surface area contributed by atoms with E-state index in [0.717, 1.165) is 6.42 Å². The third-order valence-corrected chi connectivity index (χ3v) is 1.91. The fraction of sp³-hybridized carbons (Fsp3) is 0.800. The Morgan fingerprint density at radius 2 is 1.81 bits per heavy atom. The average molecular weight is 252 g/mol. The number of rotatable bonds is 7. The van der Waals surface area contributed by atoms with Crippen LogP contribution in [0.5, 0.6) is 0 Å². The zero-order valence-electron chi connectivity index (χ0n) is 9.91. The van der Waals surface area contributed by atoms with Crippen molar-refractivity contribution in [1.29, 1.82) is 0 Å². The van der Waals surface area contributed by atoms with Crippen molar-refractivity contribution in [2.45, 2.75) is 39.2 Å². The number of nitrogens with two attached hydrogens (primary N) is 1. The van der Waals surface area contributed by atoms with Gasteiger partial charge in [0.25, 0.3) is 0 Å². The first-order valence-electron chi connectivity index (χ1n) is 5.36. The first-order valence-corrected chi connectivity index (χ1v) is 5.36. The summed E-state index contributed by atoms with van der Waals surface area (Å²) in [5.41, 5.74) is 5.35. The molecular weight excluding hydrogens is 230 g/mol. The molecule has 0 aromatic heterocycles. The Morgan fingerprint density at radius 3 is 2.31 bits per heavy atom. The van der Waals surface area contributed by atoms with Gasteiger partial charge in [-0.3, -0.25) is 9.59 Å². The number of amides is 2. The van der Waals surface area contributed by atoms with E-state index >= 15 is 0 Å². The van der Waals surface area contributed by atoms with Gasteiger partial charge in [-0.1, -0.05) is 6.92 Å². The second-order valence-corrected chi connectivity index (χ2v) is 3.55. The van der Waals surface area contributed by atoms with Crippen molar-refractivity contribution in [3.63, 3.8) is 0 Å². The number of nitrogens with one attached hydrogen (secondary N) is 2. The molecule has 0 aliphatic rings. The van der Waals surface area contributed by atoms with Crippen LogP contribution in [0.2, 0.25) is 0 Å². The number of carbonyl (C=O) groups excluding carboxylic acids is 2. The maximum Gasteiger partial charge on any atom is 0.220 e. The Morgan fingerprint density at radius 1 is 1.25 bits per heavy atom. The topological polar surface area (TPSA) is 84.2 Å². The van der Waals surface area contributed by atoms with E-state index < -0.39 is 0 Å². The molecule has 0 saturated carbocycles. The molecule has 0 radical (unpaired) electrons. The van der Waals surface area contributed by atoms with Crippen molar-refractivity contribution in [3.8, 4) is 0 Å². The maximum absolute atomic E-state index is 11.2. The molecule has 0 aliphatic carbocycles. The van der Waals surface area contributed by atoms with Gasteiger partial charge in [0, 0.05) is 32.0 Å². The number of halogens is 1. The standard InChI is InChI=1S/C10H21N3O2.ClH/c1-3-6-12-9(14)4-5-10(15)13-8(2)7-11;/h8H,3-7,11H2,1-2H3,(H,12,14)(H,13,15);1H/t8-;/m0./s1. The molecule has 0 rings (SSSR count). The summed E-state index contributed by atoms with van der Waals surface area (Å²) in [6.07, 6.45) is 1.37. The predicted molar refractivity (Wildman–Crippen MR) is 66.4 cm³/mol. The Labute approximate surface area is 103 Å². The van der Waals surface area contributed by atoms with Gasteiger partial charge < -0.3 is 16.4 Å². The van der Waals surface area contributed by atoms with E-state index in [1.807, 2.05) is 13.8 Å². The third-order valence-electron chi connectivity index (χ3n) is 1.91. The molecule has 4 N–H and O–H groups in total. The van der Waals surface area contributed by atoms with Gasteiger partial charge in [0.1, 0.15) is 0 Å². The van der Waals surface area contributed by atoms with Crippen LogP contribution < -0.4 is 16.4 Å². The van der Waals surface area contributed by atoms with Gasteiger partial charge in [-0.25, -0.2) is 0 Å². The number of hydrogen-bond acceptors (Lipinski definition) is 3. The van der Waals surface area contributed by atoms with Crippen molar-refractivity contribution < 1.29 is 9.59 Å². The van der Waals surface area contributed by atoms with Crippen LogP contribution in [0.25, 0.3) is 0 Å². The fourth-order valence-corrected chi connectivity index (χ4v) is 0.986. The van der Waals surface area contributed by atoms with E-state index in [1.165, 1.54) is 0 Å². The van der Waals surface area contributed by atoms with Crippen LogP contribution in [0.3, 0.4) is 0 Å². The van der Waals surface area contributed by atoms with Gasteiger partial charge in [-0.2, -0.15) is 0 Å². The normalized spacial score (nSPS) is 11.2. The Balaban J connectivity index is 0. The van der Waals surface area contributed by atoms with E-state index in [-0.39, 0.29) is 43.1 Å². The summed E-state index contributed by atoms with van der Waals surface area (Å²) >= 11 is 0. The fourth-order valence-electron chi connectivity index (χ4n) is 0.986. The van der Waals surface area contributed by atoms with Crippen molar-refractivity contribution in [3.05, 3.63) is 0 Å². The Kier molecular flexibility index (Phi) is 11.8. The molecule has 0 fully saturated rings. The lowest BCUT2D eigenvalue weighted by Crippen LogP contribution is -2.38. The van der Waals surface area contributed by atoms with Crippen LogP contribution in [0.15, 0.2) is 0 Å². The van der Waals surface area contributed by atoms with Gasteiger partial charge in [0.2, 0.25) is 11.8 Å². The SMILES string of the molecule is CCCNC(=O)CCC(=O)N[C@@H](C)CN.Cl. The van der Waals surface area contributed by atoms with E-state index in [0.29, 0.717) is 13.1 Å². The van der Waals surface area contributed by atoms with Crippen LogP contribution in [0.1, 0.15) is 33.1 Å². The molecule has 0 aromatic rings. The third kappa shape index (κ3) is 9.73. The summed E-state index contributed by atoms with van der Waals surface area (Å²) in [4.78, 5) is 22.4. The van der Waals surface area contributed by atoms with Crippen molar-refractivity contribution in [2.75, 3.05) is 13.1 Å². The summed E-state index contributed by atoms with van der Waals surface area (Å²) in [6.45, 7) is 4.89. The monoisotopic (exact) mass is 251 g/mol. The summed E-state index contributed by atoms with van der Waals surface area (Å²) in [5, 5.41) is 5.41. The highest BCUT2D eigenvalue weighted by atomic mass is 35.5. The molecule has 0 aliphatic heterocycles. The van der Waals surface area contributed by atoms with Crippen LogP contribution in [0.4, 0.5) is 0 Å². The van der Waals surface area contributed by atoms with Gasteiger partial charge in [0.15, 0.2) is 0 Å². The minimum Gasteiger partial charge on any atom is -0.356 e. The number of hydrogen-bond donors (Lipinski definition) is 3. The van der Waals surface area contributed by atoms with Gasteiger partial charge in [-0.15, -0.1) is 12.4 Å². The number of carbonyl (C=O) groups is 2. The molecule has 0 heterocycles. The molecule has 0 saturated heterocycles. The largest absolute Gasteiger partial charge is 0.356 e. The van der Waals surface area contributed by atoms with E-state index in [1.54, 1.807) is 0 Å². The minimum absolute atomic E-state index is 0. The molecular formula is C10H22ClN3O2. The predicted octanol–water partition coefficient (Wildman–Crippen LogP) is 0.178. The lowest BCUT2D eigenvalue weighted by molar-refractivity contribution is -0.126. The van der Waals surface area contributed by atoms with Crippen molar-refractivity contribution in [1.82, 2.24) is 10.6 Å². The van der Waals surface area contributed by atoms with Crippen molar-refractivity contribution >= 4 is 24.2 Å². The highest BCUT2D eigenvalue weighted by Gasteiger charge is 2.08. The van der Waals surface area contributed by atoms with Crippen LogP contribution in [0, 0.1) is 0 Å². The first kappa shape index (κ1) is 17.6. The van der Waals surface area contributed by atoms with E-state index in [9.17, 15) is 9.59 Å². The highest BCUT2D eigenvalue weighted by Crippen LogP contribution is 1.90. The van der Waals surface area contributed by atoms with Crippen LogP contribution in [-0.2, 0) is 9.59 Å². The Bertz CT molecular complexity index is 212. The minimum atomic E-state index is -0.125. The summed E-state index contributed by atoms with van der Waals surface area (Å²) in [5.74, 6) is -0.202. The summed E-state index contributed by atoms with van der Waals surface area (Å²) < 4.78 is 0. The molecule has 0 bridgehead atoms. The van der Waals surface area contributed by atoms with Crippen LogP contribution in [-0.4, -0.2) is 30.9 Å². The van der Waals surface area contributed by atoms with Gasteiger partial charge in [-0.05, 0) is 13.3 Å². The maximum atomic E-state index is 11.2. The molecule has 1 atom stereocenters. The molecule has 5 nitrogen and oxygen atoms in total. The smallest absolute Gasteiger partial charge is 0.220 e. The molecule has 96 valence electrons.